The number of benzene rings is 1. The first-order valence-corrected chi connectivity index (χ1v) is 11.4. The number of carbonyl (C=O) groups is 2. The highest BCUT2D eigenvalue weighted by molar-refractivity contribution is 6.09. The van der Waals surface area contributed by atoms with Crippen molar-refractivity contribution in [3.63, 3.8) is 0 Å². The van der Waals surface area contributed by atoms with Gasteiger partial charge in [-0.3, -0.25) is 19.5 Å². The molecule has 1 aromatic carbocycles. The van der Waals surface area contributed by atoms with Crippen molar-refractivity contribution in [2.45, 2.75) is 45.4 Å². The van der Waals surface area contributed by atoms with Gasteiger partial charge in [-0.1, -0.05) is 13.3 Å². The third kappa shape index (κ3) is 4.67. The number of nitrogens with zero attached hydrogens (tertiary/aromatic N) is 4. The van der Waals surface area contributed by atoms with Gasteiger partial charge in [0.15, 0.2) is 5.78 Å². The van der Waals surface area contributed by atoms with E-state index in [1.165, 1.54) is 6.42 Å². The van der Waals surface area contributed by atoms with Crippen LogP contribution in [0.3, 0.4) is 0 Å². The first kappa shape index (κ1) is 22.7. The van der Waals surface area contributed by atoms with Crippen molar-refractivity contribution in [2.75, 3.05) is 19.6 Å². The highest BCUT2D eigenvalue weighted by Crippen LogP contribution is 2.31. The van der Waals surface area contributed by atoms with Crippen LogP contribution in [0.4, 0.5) is 0 Å². The molecule has 1 atom stereocenters. The summed E-state index contributed by atoms with van der Waals surface area (Å²) in [6.45, 7) is 6.02. The Labute approximate surface area is 193 Å². The Balaban J connectivity index is 1.83. The van der Waals surface area contributed by atoms with Gasteiger partial charge in [0.1, 0.15) is 0 Å². The smallest absolute Gasteiger partial charge is 0.303 e. The lowest BCUT2D eigenvalue weighted by Gasteiger charge is -2.25. The minimum atomic E-state index is -0.862. The zero-order valence-electron chi connectivity index (χ0n) is 19.0. The van der Waals surface area contributed by atoms with Gasteiger partial charge < -0.3 is 9.67 Å². The molecule has 1 aliphatic rings. The number of hydrogen-bond acceptors (Lipinski definition) is 5. The van der Waals surface area contributed by atoms with Crippen LogP contribution in [-0.2, 0) is 4.79 Å². The lowest BCUT2D eigenvalue weighted by Crippen LogP contribution is -2.34. The van der Waals surface area contributed by atoms with Gasteiger partial charge in [0.05, 0.1) is 41.2 Å². The minimum Gasteiger partial charge on any atom is -0.481 e. The van der Waals surface area contributed by atoms with Crippen LogP contribution in [0.1, 0.15) is 65.7 Å². The van der Waals surface area contributed by atoms with Gasteiger partial charge in [-0.2, -0.15) is 5.26 Å². The molecule has 7 nitrogen and oxygen atoms in total. The Kier molecular flexibility index (Phi) is 6.57. The Morgan fingerprint density at radius 2 is 1.88 bits per heavy atom. The number of carboxylic acids is 1. The standard InChI is InChI=1S/C26H28N4O3/c1-17(12-24(32)33)20-13-22-26(28-15-20)25(23(31)16-29-10-4-3-5-11-29)18(2)30(22)21-8-6-19(14-27)7-9-21/h6-9,13,15,17H,3-5,10-12,16H2,1-2H3,(H,32,33)/t17-/m0/s1. The number of rotatable bonds is 7. The van der Waals surface area contributed by atoms with Crippen LogP contribution < -0.4 is 0 Å². The first-order chi connectivity index (χ1) is 15.9. The van der Waals surface area contributed by atoms with Crippen molar-refractivity contribution < 1.29 is 14.7 Å². The average Bonchev–Trinajstić information content (AvgIpc) is 3.10. The van der Waals surface area contributed by atoms with Crippen LogP contribution >= 0.6 is 0 Å². The summed E-state index contributed by atoms with van der Waals surface area (Å²) in [5, 5.41) is 18.4. The number of ketones is 1. The van der Waals surface area contributed by atoms with Gasteiger partial charge in [-0.05, 0) is 74.7 Å². The van der Waals surface area contributed by atoms with Crippen molar-refractivity contribution in [3.05, 3.63) is 58.9 Å². The van der Waals surface area contributed by atoms with E-state index in [1.807, 2.05) is 36.6 Å². The molecule has 0 saturated carbocycles. The third-order valence-corrected chi connectivity index (χ3v) is 6.46. The summed E-state index contributed by atoms with van der Waals surface area (Å²) in [5.74, 6) is -1.03. The zero-order chi connectivity index (χ0) is 23.5. The van der Waals surface area contributed by atoms with E-state index in [2.05, 4.69) is 16.0 Å². The number of piperidine rings is 1. The SMILES string of the molecule is Cc1c(C(=O)CN2CCCCC2)c2ncc([C@@H](C)CC(=O)O)cc2n1-c1ccc(C#N)cc1. The number of nitriles is 1. The highest BCUT2D eigenvalue weighted by atomic mass is 16.4. The predicted molar refractivity (Wildman–Crippen MR) is 126 cm³/mol. The Morgan fingerprint density at radius 1 is 1.18 bits per heavy atom. The molecule has 1 fully saturated rings. The van der Waals surface area contributed by atoms with Crippen LogP contribution in [0.5, 0.6) is 0 Å². The summed E-state index contributed by atoms with van der Waals surface area (Å²) < 4.78 is 1.99. The molecule has 0 radical (unpaired) electrons. The van der Waals surface area contributed by atoms with Gasteiger partial charge in [-0.25, -0.2) is 0 Å². The number of pyridine rings is 1. The highest BCUT2D eigenvalue weighted by Gasteiger charge is 2.25. The van der Waals surface area contributed by atoms with Crippen LogP contribution in [0.2, 0.25) is 0 Å². The summed E-state index contributed by atoms with van der Waals surface area (Å²) in [6, 6.07) is 11.3. The second kappa shape index (κ2) is 9.55. The molecule has 33 heavy (non-hydrogen) atoms. The molecule has 4 rings (SSSR count). The molecule has 1 N–H and O–H groups in total. The van der Waals surface area contributed by atoms with E-state index in [0.717, 1.165) is 48.4 Å². The lowest BCUT2D eigenvalue weighted by atomic mass is 9.99. The summed E-state index contributed by atoms with van der Waals surface area (Å²) in [5.41, 5.74) is 5.01. The van der Waals surface area contributed by atoms with Gasteiger partial charge in [-0.15, -0.1) is 0 Å². The van der Waals surface area contributed by atoms with Crippen molar-refractivity contribution in [2.24, 2.45) is 0 Å². The number of Topliss-reactive ketones (excluding diaryl/α,β-unsaturated/α-hetero) is 1. The normalized spacial score (nSPS) is 15.3. The minimum absolute atomic E-state index is 0.00446. The fourth-order valence-electron chi connectivity index (χ4n) is 4.70. The number of aliphatic carboxylic acids is 1. The third-order valence-electron chi connectivity index (χ3n) is 6.46. The summed E-state index contributed by atoms with van der Waals surface area (Å²) in [6.07, 6.45) is 5.13. The van der Waals surface area contributed by atoms with E-state index in [9.17, 15) is 14.7 Å². The topological polar surface area (TPSA) is 99.2 Å². The summed E-state index contributed by atoms with van der Waals surface area (Å²) in [7, 11) is 0. The lowest BCUT2D eigenvalue weighted by molar-refractivity contribution is -0.137. The zero-order valence-corrected chi connectivity index (χ0v) is 19.0. The Hall–Kier alpha value is -3.50. The molecule has 1 aliphatic heterocycles. The van der Waals surface area contributed by atoms with Crippen LogP contribution in [0.25, 0.3) is 16.7 Å². The molecular formula is C26H28N4O3. The number of aromatic nitrogens is 2. The molecular weight excluding hydrogens is 416 g/mol. The maximum absolute atomic E-state index is 13.4. The van der Waals surface area contributed by atoms with E-state index in [0.29, 0.717) is 23.2 Å². The van der Waals surface area contributed by atoms with E-state index in [4.69, 9.17) is 5.26 Å². The average molecular weight is 445 g/mol. The van der Waals surface area contributed by atoms with Crippen molar-refractivity contribution in [1.29, 1.82) is 5.26 Å². The second-order valence-electron chi connectivity index (χ2n) is 8.85. The van der Waals surface area contributed by atoms with Crippen LogP contribution in [0, 0.1) is 18.3 Å². The molecule has 1 saturated heterocycles. The maximum Gasteiger partial charge on any atom is 0.303 e. The fraction of sp³-hybridized carbons (Fsp3) is 0.385. The molecule has 0 spiro atoms. The van der Waals surface area contributed by atoms with Crippen molar-refractivity contribution >= 4 is 22.8 Å². The number of carboxylic acid groups (broad SMARTS) is 1. The Bertz CT molecular complexity index is 1230. The maximum atomic E-state index is 13.4. The molecule has 3 heterocycles. The van der Waals surface area contributed by atoms with Gasteiger partial charge in [0.2, 0.25) is 0 Å². The van der Waals surface area contributed by atoms with E-state index in [-0.39, 0.29) is 18.1 Å². The van der Waals surface area contributed by atoms with Crippen molar-refractivity contribution in [1.82, 2.24) is 14.5 Å². The molecule has 0 amide bonds. The fourth-order valence-corrected chi connectivity index (χ4v) is 4.70. The Morgan fingerprint density at radius 3 is 2.52 bits per heavy atom. The second-order valence-corrected chi connectivity index (χ2v) is 8.85. The summed E-state index contributed by atoms with van der Waals surface area (Å²) >= 11 is 0. The quantitative estimate of drug-likeness (QED) is 0.541. The largest absolute Gasteiger partial charge is 0.481 e. The molecule has 0 bridgehead atoms. The predicted octanol–water partition coefficient (Wildman–Crippen LogP) is 4.45. The molecule has 7 heteroatoms. The molecule has 170 valence electrons. The molecule has 2 aromatic heterocycles. The summed E-state index contributed by atoms with van der Waals surface area (Å²) in [4.78, 5) is 31.5. The van der Waals surface area contributed by atoms with Gasteiger partial charge in [0.25, 0.3) is 0 Å². The van der Waals surface area contributed by atoms with Crippen LogP contribution in [-0.4, -0.2) is 50.9 Å². The van der Waals surface area contributed by atoms with Gasteiger partial charge >= 0.3 is 5.97 Å². The van der Waals surface area contributed by atoms with E-state index in [1.54, 1.807) is 18.3 Å². The van der Waals surface area contributed by atoms with E-state index >= 15 is 0 Å². The van der Waals surface area contributed by atoms with Crippen LogP contribution in [0.15, 0.2) is 36.5 Å². The number of fused-ring (bicyclic) bond motifs is 1. The first-order valence-electron chi connectivity index (χ1n) is 11.4. The monoisotopic (exact) mass is 444 g/mol. The van der Waals surface area contributed by atoms with E-state index < -0.39 is 5.97 Å². The van der Waals surface area contributed by atoms with Crippen molar-refractivity contribution in [3.8, 4) is 11.8 Å². The molecule has 0 aliphatic carbocycles. The number of hydrogen-bond donors (Lipinski definition) is 1. The van der Waals surface area contributed by atoms with Gasteiger partial charge in [0, 0.05) is 17.6 Å². The number of likely N-dealkylation sites (tertiary alicyclic amines) is 1. The number of carbonyl (C=O) groups excluding carboxylic acids is 1. The molecule has 0 unspecified atom stereocenters. The molecule has 3 aromatic rings.